The Bertz CT molecular complexity index is 531. The van der Waals surface area contributed by atoms with Gasteiger partial charge in [-0.25, -0.2) is 0 Å². The molecule has 0 aliphatic heterocycles. The molecule has 108 valence electrons. The predicted molar refractivity (Wildman–Crippen MR) is 75.3 cm³/mol. The first kappa shape index (κ1) is 12.4. The Morgan fingerprint density at radius 2 is 1.95 bits per heavy atom. The minimum atomic E-state index is 0.142. The van der Waals surface area contributed by atoms with Crippen LogP contribution in [0.4, 0.5) is 5.95 Å². The number of ether oxygens (including phenoxy) is 1. The summed E-state index contributed by atoms with van der Waals surface area (Å²) in [7, 11) is 1.59. The average Bonchev–Trinajstić information content (AvgIpc) is 2.60. The third-order valence-electron chi connectivity index (χ3n) is 5.76. The first-order valence-electron chi connectivity index (χ1n) is 7.74. The van der Waals surface area contributed by atoms with Gasteiger partial charge in [0.05, 0.1) is 7.11 Å². The van der Waals surface area contributed by atoms with E-state index in [0.29, 0.717) is 12.0 Å². The fraction of sp³-hybridized carbons (Fsp3) is 0.800. The number of fused-ring (bicyclic) bond motifs is 2. The molecule has 3 aliphatic rings. The lowest BCUT2D eigenvalue weighted by molar-refractivity contribution is 0.208. The van der Waals surface area contributed by atoms with Crippen LogP contribution < -0.4 is 10.5 Å². The molecular formula is C15H22N4O. The molecule has 4 atom stereocenters. The summed E-state index contributed by atoms with van der Waals surface area (Å²) in [6, 6.07) is 0.362. The van der Waals surface area contributed by atoms with Crippen LogP contribution in [0.2, 0.25) is 0 Å². The molecule has 3 aliphatic carbocycles. The summed E-state index contributed by atoms with van der Waals surface area (Å²) in [5, 5.41) is 0. The molecule has 3 fully saturated rings. The zero-order valence-electron chi connectivity index (χ0n) is 12.0. The first-order chi connectivity index (χ1) is 9.68. The van der Waals surface area contributed by atoms with E-state index in [1.165, 1.54) is 44.9 Å². The van der Waals surface area contributed by atoms with Gasteiger partial charge in [0.15, 0.2) is 0 Å². The van der Waals surface area contributed by atoms with Gasteiger partial charge < -0.3 is 10.5 Å². The smallest absolute Gasteiger partial charge is 0.321 e. The van der Waals surface area contributed by atoms with Crippen molar-refractivity contribution in [2.45, 2.75) is 50.4 Å². The molecule has 1 aromatic rings. The van der Waals surface area contributed by atoms with Crippen LogP contribution in [-0.2, 0) is 5.41 Å². The van der Waals surface area contributed by atoms with E-state index in [-0.39, 0.29) is 5.41 Å². The van der Waals surface area contributed by atoms with E-state index in [1.807, 2.05) is 0 Å². The van der Waals surface area contributed by atoms with Gasteiger partial charge in [-0.05, 0) is 43.4 Å². The summed E-state index contributed by atoms with van der Waals surface area (Å²) in [5.74, 6) is 3.78. The SMILES string of the molecule is COc1nc(N)nc(C23CC4CCCC(C2)C(C4)C3)n1. The van der Waals surface area contributed by atoms with E-state index in [1.54, 1.807) is 7.11 Å². The van der Waals surface area contributed by atoms with Crippen LogP contribution in [0.3, 0.4) is 0 Å². The Labute approximate surface area is 119 Å². The van der Waals surface area contributed by atoms with Crippen molar-refractivity contribution >= 4 is 5.95 Å². The van der Waals surface area contributed by atoms with E-state index in [0.717, 1.165) is 23.6 Å². The van der Waals surface area contributed by atoms with Gasteiger partial charge in [-0.3, -0.25) is 0 Å². The zero-order valence-corrected chi connectivity index (χ0v) is 12.0. The molecule has 0 amide bonds. The van der Waals surface area contributed by atoms with E-state index in [9.17, 15) is 0 Å². The van der Waals surface area contributed by atoms with Crippen LogP contribution in [0, 0.1) is 17.8 Å². The summed E-state index contributed by atoms with van der Waals surface area (Å²) >= 11 is 0. The maximum absolute atomic E-state index is 5.84. The minimum absolute atomic E-state index is 0.142. The van der Waals surface area contributed by atoms with Crippen LogP contribution in [0.25, 0.3) is 0 Å². The number of hydrogen-bond acceptors (Lipinski definition) is 5. The molecule has 5 heteroatoms. The summed E-state index contributed by atoms with van der Waals surface area (Å²) in [4.78, 5) is 13.1. The van der Waals surface area contributed by atoms with Crippen LogP contribution in [0.1, 0.15) is 50.8 Å². The minimum Gasteiger partial charge on any atom is -0.467 e. The standard InChI is InChI=1S/C15H22N4O/c1-20-14-18-12(17-13(16)19-14)15-6-9-3-2-4-10(7-15)11(5-9)8-15/h9-11H,2-8H2,1H3,(H2,16,17,18,19). The van der Waals surface area contributed by atoms with Gasteiger partial charge in [0.25, 0.3) is 0 Å². The molecule has 0 spiro atoms. The zero-order chi connectivity index (χ0) is 13.7. The molecule has 4 rings (SSSR count). The fourth-order valence-corrected chi connectivity index (χ4v) is 5.13. The Morgan fingerprint density at radius 1 is 1.10 bits per heavy atom. The third-order valence-corrected chi connectivity index (χ3v) is 5.76. The van der Waals surface area contributed by atoms with Crippen molar-refractivity contribution < 1.29 is 4.74 Å². The lowest BCUT2D eigenvalue weighted by Crippen LogP contribution is -2.33. The van der Waals surface area contributed by atoms with Crippen molar-refractivity contribution in [1.29, 1.82) is 0 Å². The second kappa shape index (κ2) is 4.30. The van der Waals surface area contributed by atoms with Gasteiger partial charge in [0.2, 0.25) is 5.95 Å². The molecule has 0 aromatic carbocycles. The summed E-state index contributed by atoms with van der Waals surface area (Å²) in [6.45, 7) is 0. The number of rotatable bonds is 2. The van der Waals surface area contributed by atoms with Gasteiger partial charge in [-0.1, -0.05) is 19.3 Å². The largest absolute Gasteiger partial charge is 0.467 e. The number of aromatic nitrogens is 3. The number of nitrogens with zero attached hydrogens (tertiary/aromatic N) is 3. The number of methoxy groups -OCH3 is 1. The molecule has 3 bridgehead atoms. The highest BCUT2D eigenvalue weighted by Gasteiger charge is 2.54. The van der Waals surface area contributed by atoms with Gasteiger partial charge in [-0.15, -0.1) is 0 Å². The van der Waals surface area contributed by atoms with Crippen LogP contribution >= 0.6 is 0 Å². The highest BCUT2D eigenvalue weighted by Crippen LogP contribution is 2.60. The highest BCUT2D eigenvalue weighted by molar-refractivity contribution is 5.25. The predicted octanol–water partition coefficient (Wildman–Crippen LogP) is 2.32. The van der Waals surface area contributed by atoms with Crippen molar-refractivity contribution in [1.82, 2.24) is 15.0 Å². The number of nitrogen functional groups attached to an aromatic ring is 1. The first-order valence-corrected chi connectivity index (χ1v) is 7.74. The summed E-state index contributed by atoms with van der Waals surface area (Å²) < 4.78 is 5.18. The van der Waals surface area contributed by atoms with Crippen molar-refractivity contribution in [2.75, 3.05) is 12.8 Å². The van der Waals surface area contributed by atoms with E-state index in [4.69, 9.17) is 10.5 Å². The van der Waals surface area contributed by atoms with E-state index in [2.05, 4.69) is 15.0 Å². The molecule has 5 nitrogen and oxygen atoms in total. The quantitative estimate of drug-likeness (QED) is 0.896. The molecule has 4 unspecified atom stereocenters. The van der Waals surface area contributed by atoms with Crippen molar-refractivity contribution in [3.8, 4) is 6.01 Å². The molecule has 3 saturated carbocycles. The number of anilines is 1. The molecule has 2 N–H and O–H groups in total. The number of hydrogen-bond donors (Lipinski definition) is 1. The van der Waals surface area contributed by atoms with Crippen LogP contribution in [-0.4, -0.2) is 22.1 Å². The Hall–Kier alpha value is -1.39. The molecule has 1 heterocycles. The Balaban J connectivity index is 1.76. The van der Waals surface area contributed by atoms with Gasteiger partial charge in [0, 0.05) is 5.41 Å². The maximum Gasteiger partial charge on any atom is 0.321 e. The van der Waals surface area contributed by atoms with Crippen molar-refractivity contribution in [3.63, 3.8) is 0 Å². The maximum atomic E-state index is 5.84. The van der Waals surface area contributed by atoms with Crippen LogP contribution in [0.15, 0.2) is 0 Å². The molecule has 0 radical (unpaired) electrons. The second-order valence-corrected chi connectivity index (χ2v) is 6.95. The Morgan fingerprint density at radius 3 is 2.80 bits per heavy atom. The average molecular weight is 274 g/mol. The highest BCUT2D eigenvalue weighted by atomic mass is 16.5. The summed E-state index contributed by atoms with van der Waals surface area (Å²) in [5.41, 5.74) is 5.98. The normalized spacial score (nSPS) is 38.8. The topological polar surface area (TPSA) is 73.9 Å². The van der Waals surface area contributed by atoms with Crippen molar-refractivity contribution in [2.24, 2.45) is 17.8 Å². The molecule has 20 heavy (non-hydrogen) atoms. The van der Waals surface area contributed by atoms with Gasteiger partial charge >= 0.3 is 6.01 Å². The van der Waals surface area contributed by atoms with Gasteiger partial charge in [-0.2, -0.15) is 15.0 Å². The van der Waals surface area contributed by atoms with E-state index < -0.39 is 0 Å². The van der Waals surface area contributed by atoms with E-state index >= 15 is 0 Å². The number of nitrogens with two attached hydrogens (primary N) is 1. The third kappa shape index (κ3) is 1.79. The summed E-state index contributed by atoms with van der Waals surface area (Å²) in [6.07, 6.45) is 9.30. The molecular weight excluding hydrogens is 252 g/mol. The van der Waals surface area contributed by atoms with Gasteiger partial charge in [0.1, 0.15) is 5.82 Å². The van der Waals surface area contributed by atoms with Crippen molar-refractivity contribution in [3.05, 3.63) is 5.82 Å². The lowest BCUT2D eigenvalue weighted by Gasteiger charge is -2.36. The second-order valence-electron chi connectivity index (χ2n) is 6.95. The Kier molecular flexibility index (Phi) is 2.66. The van der Waals surface area contributed by atoms with Crippen LogP contribution in [0.5, 0.6) is 6.01 Å². The monoisotopic (exact) mass is 274 g/mol. The lowest BCUT2D eigenvalue weighted by atomic mass is 9.69. The molecule has 0 saturated heterocycles. The fourth-order valence-electron chi connectivity index (χ4n) is 5.13. The molecule has 1 aromatic heterocycles.